The highest BCUT2D eigenvalue weighted by atomic mass is 16.5. The summed E-state index contributed by atoms with van der Waals surface area (Å²) in [5.74, 6) is 0.540. The number of nitrogens with zero attached hydrogens (tertiary/aromatic N) is 5. The molecule has 1 aliphatic heterocycles. The molecule has 0 aliphatic carbocycles. The van der Waals surface area contributed by atoms with Crippen LogP contribution in [0.3, 0.4) is 0 Å². The van der Waals surface area contributed by atoms with Crippen LogP contribution in [0, 0.1) is 0 Å². The first-order valence-electron chi connectivity index (χ1n) is 14.2. The normalized spacial score (nSPS) is 13.8. The van der Waals surface area contributed by atoms with Crippen LogP contribution >= 0.6 is 0 Å². The average molecular weight is 559 g/mol. The van der Waals surface area contributed by atoms with Crippen molar-refractivity contribution in [3.63, 3.8) is 0 Å². The minimum absolute atomic E-state index is 0.0170. The number of hydrogen-bond donors (Lipinski definition) is 2. The van der Waals surface area contributed by atoms with Gasteiger partial charge in [-0.25, -0.2) is 9.97 Å². The van der Waals surface area contributed by atoms with Gasteiger partial charge in [-0.1, -0.05) is 42.5 Å². The van der Waals surface area contributed by atoms with E-state index in [-0.39, 0.29) is 12.3 Å². The van der Waals surface area contributed by atoms with E-state index in [4.69, 9.17) is 20.6 Å². The Morgan fingerprint density at radius 3 is 2.51 bits per heavy atom. The van der Waals surface area contributed by atoms with Gasteiger partial charge in [-0.15, -0.1) is 0 Å². The van der Waals surface area contributed by atoms with Crippen molar-refractivity contribution in [3.8, 4) is 0 Å². The number of para-hydroxylation sites is 1. The molecule has 0 unspecified atom stereocenters. The summed E-state index contributed by atoms with van der Waals surface area (Å²) in [6.45, 7) is 4.57. The number of rotatable bonds is 13. The van der Waals surface area contributed by atoms with Gasteiger partial charge in [0.25, 0.3) is 0 Å². The van der Waals surface area contributed by atoms with Gasteiger partial charge in [-0.05, 0) is 49.5 Å². The van der Waals surface area contributed by atoms with E-state index in [2.05, 4.69) is 14.5 Å². The number of methoxy groups -OCH3 is 1. The Morgan fingerprint density at radius 1 is 1.05 bits per heavy atom. The van der Waals surface area contributed by atoms with Gasteiger partial charge in [0.05, 0.1) is 30.6 Å². The van der Waals surface area contributed by atoms with Crippen molar-refractivity contribution >= 4 is 39.6 Å². The van der Waals surface area contributed by atoms with Crippen LogP contribution in [0.25, 0.3) is 21.9 Å². The molecule has 0 spiro atoms. The molecule has 1 aliphatic rings. The smallest absolute Gasteiger partial charge is 0.307 e. The van der Waals surface area contributed by atoms with Gasteiger partial charge >= 0.3 is 5.97 Å². The fourth-order valence-electron chi connectivity index (χ4n) is 5.63. The van der Waals surface area contributed by atoms with E-state index in [1.807, 2.05) is 53.4 Å². The molecule has 10 heteroatoms. The second kappa shape index (κ2) is 13.1. The zero-order valence-electron chi connectivity index (χ0n) is 23.6. The number of fused-ring (bicyclic) bond motifs is 3. The summed E-state index contributed by atoms with van der Waals surface area (Å²) in [5.41, 5.74) is 10.5. The highest BCUT2D eigenvalue weighted by Gasteiger charge is 2.21. The average Bonchev–Trinajstić information content (AvgIpc) is 3.60. The fraction of sp³-hybridized carbons (Fsp3) is 0.419. The van der Waals surface area contributed by atoms with Crippen LogP contribution in [-0.4, -0.2) is 81.2 Å². The number of nitrogens with two attached hydrogens (primary N) is 1. The summed E-state index contributed by atoms with van der Waals surface area (Å²) in [4.78, 5) is 38.1. The molecule has 1 saturated heterocycles. The Balaban J connectivity index is 1.38. The molecule has 5 rings (SSSR count). The van der Waals surface area contributed by atoms with Crippen molar-refractivity contribution in [1.29, 1.82) is 0 Å². The molecular formula is C31H38N6O4. The number of hydrogen-bond acceptors (Lipinski definition) is 7. The second-order valence-electron chi connectivity index (χ2n) is 10.7. The third kappa shape index (κ3) is 6.83. The number of nitrogen functional groups attached to an aromatic ring is 1. The Bertz CT molecular complexity index is 1510. The van der Waals surface area contributed by atoms with Gasteiger partial charge in [0, 0.05) is 38.6 Å². The van der Waals surface area contributed by atoms with Crippen LogP contribution in [0.2, 0.25) is 0 Å². The number of aliphatic carboxylic acids is 1. The third-order valence-corrected chi connectivity index (χ3v) is 7.69. The number of carboxylic acids is 1. The maximum Gasteiger partial charge on any atom is 0.307 e. The first-order valence-corrected chi connectivity index (χ1v) is 14.2. The minimum Gasteiger partial charge on any atom is -0.481 e. The number of aryl methyl sites for hydroxylation is 1. The number of pyridine rings is 1. The van der Waals surface area contributed by atoms with Crippen LogP contribution in [0.15, 0.2) is 48.5 Å². The van der Waals surface area contributed by atoms with E-state index in [0.717, 1.165) is 65.7 Å². The topological polar surface area (TPSA) is 127 Å². The number of likely N-dealkylation sites (tertiary alicyclic amines) is 1. The molecule has 1 fully saturated rings. The van der Waals surface area contributed by atoms with Crippen molar-refractivity contribution in [2.45, 2.75) is 45.2 Å². The molecule has 3 heterocycles. The first-order chi connectivity index (χ1) is 19.9. The monoisotopic (exact) mass is 558 g/mol. The number of benzene rings is 2. The Morgan fingerprint density at radius 2 is 1.78 bits per heavy atom. The molecule has 2 aromatic heterocycles. The van der Waals surface area contributed by atoms with Crippen LogP contribution in [0.4, 0.5) is 5.82 Å². The number of carbonyl (C=O) groups is 2. The first kappa shape index (κ1) is 28.5. The second-order valence-corrected chi connectivity index (χ2v) is 10.7. The summed E-state index contributed by atoms with van der Waals surface area (Å²) < 4.78 is 7.56. The van der Waals surface area contributed by atoms with E-state index in [9.17, 15) is 9.59 Å². The lowest BCUT2D eigenvalue weighted by Gasteiger charge is -2.26. The quantitative estimate of drug-likeness (QED) is 0.255. The predicted molar refractivity (Wildman–Crippen MR) is 159 cm³/mol. The number of ether oxygens (including phenoxy) is 1. The van der Waals surface area contributed by atoms with E-state index in [0.29, 0.717) is 50.5 Å². The lowest BCUT2D eigenvalue weighted by atomic mass is 10.1. The lowest BCUT2D eigenvalue weighted by molar-refractivity contribution is -0.136. The van der Waals surface area contributed by atoms with E-state index in [1.54, 1.807) is 7.11 Å². The van der Waals surface area contributed by atoms with Gasteiger partial charge in [0.2, 0.25) is 5.91 Å². The Kier molecular flexibility index (Phi) is 9.11. The molecule has 0 radical (unpaired) electrons. The molecule has 4 aromatic rings. The largest absolute Gasteiger partial charge is 0.481 e. The minimum atomic E-state index is -0.859. The van der Waals surface area contributed by atoms with Crippen LogP contribution in [0.1, 0.15) is 36.2 Å². The summed E-state index contributed by atoms with van der Waals surface area (Å²) >= 11 is 0. The SMILES string of the molecule is COCCc1nc2c(N)nc3ccccc3c2n1CCCN(Cc1ccc(CC(=O)O)cc1)C(=O)CN1CCCC1. The molecule has 2 aromatic carbocycles. The number of carboxylic acid groups (broad SMARTS) is 1. The Labute approximate surface area is 239 Å². The number of amides is 1. The molecule has 0 bridgehead atoms. The maximum atomic E-state index is 13.5. The van der Waals surface area contributed by atoms with E-state index >= 15 is 0 Å². The standard InChI is InChI=1S/C31H38N6O4/c1-41-18-13-26-34-29-30(24-7-2-3-8-25(24)33-31(29)32)37(26)17-6-16-36(27(38)21-35-14-4-5-15-35)20-23-11-9-22(10-12-23)19-28(39)40/h2-3,7-12H,4-6,13-21H2,1H3,(H2,32,33)(H,39,40). The van der Waals surface area contributed by atoms with Gasteiger partial charge in [-0.3, -0.25) is 14.5 Å². The van der Waals surface area contributed by atoms with Crippen LogP contribution in [0.5, 0.6) is 0 Å². The van der Waals surface area contributed by atoms with Crippen LogP contribution in [-0.2, 0) is 40.3 Å². The van der Waals surface area contributed by atoms with Crippen molar-refractivity contribution in [2.24, 2.45) is 0 Å². The van der Waals surface area contributed by atoms with Crippen LogP contribution < -0.4 is 5.73 Å². The number of carbonyl (C=O) groups excluding carboxylic acids is 1. The molecule has 0 atom stereocenters. The van der Waals surface area contributed by atoms with Crippen molar-refractivity contribution in [2.75, 3.05) is 45.6 Å². The number of imidazole rings is 1. The summed E-state index contributed by atoms with van der Waals surface area (Å²) in [6.07, 6.45) is 3.60. The predicted octanol–water partition coefficient (Wildman–Crippen LogP) is 3.50. The maximum absolute atomic E-state index is 13.5. The molecule has 0 saturated carbocycles. The zero-order valence-corrected chi connectivity index (χ0v) is 23.6. The third-order valence-electron chi connectivity index (χ3n) is 7.69. The number of aromatic nitrogens is 3. The van der Waals surface area contributed by atoms with E-state index < -0.39 is 5.97 Å². The fourth-order valence-corrected chi connectivity index (χ4v) is 5.63. The highest BCUT2D eigenvalue weighted by molar-refractivity contribution is 6.06. The molecular weight excluding hydrogens is 520 g/mol. The van der Waals surface area contributed by atoms with Crippen molar-refractivity contribution < 1.29 is 19.4 Å². The lowest BCUT2D eigenvalue weighted by Crippen LogP contribution is -2.39. The van der Waals surface area contributed by atoms with Gasteiger partial charge in [0.1, 0.15) is 11.3 Å². The molecule has 3 N–H and O–H groups in total. The molecule has 41 heavy (non-hydrogen) atoms. The van der Waals surface area contributed by atoms with E-state index in [1.165, 1.54) is 0 Å². The van der Waals surface area contributed by atoms with Crippen molar-refractivity contribution in [3.05, 3.63) is 65.5 Å². The summed E-state index contributed by atoms with van der Waals surface area (Å²) in [5, 5.41) is 10.1. The number of anilines is 1. The molecule has 1 amide bonds. The summed E-state index contributed by atoms with van der Waals surface area (Å²) in [6, 6.07) is 15.4. The zero-order chi connectivity index (χ0) is 28.8. The summed E-state index contributed by atoms with van der Waals surface area (Å²) in [7, 11) is 1.68. The molecule has 216 valence electrons. The van der Waals surface area contributed by atoms with Crippen molar-refractivity contribution in [1.82, 2.24) is 24.3 Å². The Hall–Kier alpha value is -4.02. The highest BCUT2D eigenvalue weighted by Crippen LogP contribution is 2.29. The van der Waals surface area contributed by atoms with Gasteiger partial charge in [-0.2, -0.15) is 0 Å². The molecule has 10 nitrogen and oxygen atoms in total. The van der Waals surface area contributed by atoms with Gasteiger partial charge < -0.3 is 25.0 Å². The van der Waals surface area contributed by atoms with Gasteiger partial charge in [0.15, 0.2) is 5.82 Å².